The topological polar surface area (TPSA) is 467 Å². The van der Waals surface area contributed by atoms with Gasteiger partial charge >= 0.3 is 11.9 Å². The quantitative estimate of drug-likeness (QED) is 0.0120. The molecule has 0 unspecified atom stereocenters. The summed E-state index contributed by atoms with van der Waals surface area (Å²) in [6, 6.07) is 2.72. The van der Waals surface area contributed by atoms with E-state index in [0.29, 0.717) is 23.2 Å². The number of hydrogen-bond acceptors (Lipinski definition) is 17. The van der Waals surface area contributed by atoms with E-state index in [1.54, 1.807) is 30.3 Å². The molecule has 18 N–H and O–H groups in total. The summed E-state index contributed by atoms with van der Waals surface area (Å²) in [5, 5.41) is 50.0. The molecule has 1 saturated heterocycles. The van der Waals surface area contributed by atoms with E-state index in [1.807, 2.05) is 0 Å². The van der Waals surface area contributed by atoms with Gasteiger partial charge in [-0.05, 0) is 48.9 Å². The van der Waals surface area contributed by atoms with E-state index < -0.39 is 120 Å². The number of aliphatic carboxylic acids is 2. The summed E-state index contributed by atoms with van der Waals surface area (Å²) in [5.41, 5.74) is 18.1. The first kappa shape index (κ1) is 66.1. The number of thioether (sulfide) groups is 2. The fourth-order valence-electron chi connectivity index (χ4n) is 8.16. The molecule has 0 bridgehead atoms. The van der Waals surface area contributed by atoms with Crippen molar-refractivity contribution in [3.05, 3.63) is 83.9 Å². The monoisotopic (exact) mass is 1180 g/mol. The first-order chi connectivity index (χ1) is 39.0. The molecule has 31 heteroatoms. The van der Waals surface area contributed by atoms with Gasteiger partial charge in [-0.3, -0.25) is 52.9 Å². The van der Waals surface area contributed by atoms with Crippen molar-refractivity contribution in [2.24, 2.45) is 22.2 Å². The number of carbonyl (C=O) groups is 11. The molecule has 4 rings (SSSR count). The molecule has 446 valence electrons. The number of carboxylic acid groups (broad SMARTS) is 2. The SMILES string of the molecule is CC(=O)NCSC[C@H](NC(=O)[C@H](CCCN=C(N)N)NC(=O)[C@@H](N)CC(=O)O)C(=O)N[C@@H](Cc1ccc(O)cc1)C(=O)N[C@@H](CSCNC(C)=O)C(=O)N[C@@H](Cc1cnc[nH]1)C(=O)N1CCC[C@H]1C(=O)N[C@@H](Cc1ccccc1)C(=O)O. The number of rotatable bonds is 34. The molecule has 1 aliphatic rings. The Balaban J connectivity index is 1.66. The number of likely N-dealkylation sites (tertiary alicyclic amines) is 1. The number of phenols is 1. The summed E-state index contributed by atoms with van der Waals surface area (Å²) < 4.78 is 0. The number of aromatic nitrogens is 2. The summed E-state index contributed by atoms with van der Waals surface area (Å²) in [5.74, 6) is -10.7. The Hall–Kier alpha value is -8.45. The van der Waals surface area contributed by atoms with Gasteiger partial charge in [0.2, 0.25) is 53.2 Å². The second-order valence-electron chi connectivity index (χ2n) is 18.9. The van der Waals surface area contributed by atoms with Crippen molar-refractivity contribution in [2.75, 3.05) is 36.3 Å². The number of carboxylic acids is 2. The van der Waals surface area contributed by atoms with Gasteiger partial charge in [0.1, 0.15) is 48.0 Å². The first-order valence-electron chi connectivity index (χ1n) is 25.8. The molecule has 1 aliphatic heterocycles. The predicted molar refractivity (Wildman–Crippen MR) is 301 cm³/mol. The Bertz CT molecular complexity index is 2700. The minimum atomic E-state index is -1.57. The standard InChI is InChI=1S/C51H71N15O14S2/c1-28(67)58-26-81-23-39(64-44(73)35(10-6-16-56-51(53)54)60-43(72)34(52)21-42(70)71)46(75)61-36(18-31-12-14-33(69)15-13-31)45(74)65-40(24-82-27-59-29(2)68)47(76)62-37(20-32-22-55-25-57-32)49(78)66-17-7-11-41(66)48(77)63-38(50(79)80)19-30-8-4-3-5-9-30/h3-5,8-9,12-15,22,25,34-41,69H,6-7,10-11,16-21,23-24,26-27,52H2,1-2H3,(H,55,57)(H,58,67)(H,59,68)(H,60,72)(H,61,75)(H,62,76)(H,63,77)(H,64,73)(H,65,74)(H,70,71)(H,79,80)(H4,53,54,56)/t34-,35-,36-,37-,38-,39-,40-,41-/m0/s1. The Morgan fingerprint density at radius 3 is 1.78 bits per heavy atom. The van der Waals surface area contributed by atoms with E-state index in [-0.39, 0.29) is 86.6 Å². The number of H-pyrrole nitrogens is 1. The molecule has 0 aliphatic carbocycles. The summed E-state index contributed by atoms with van der Waals surface area (Å²) in [4.78, 5) is 159. The molecule has 3 aromatic rings. The van der Waals surface area contributed by atoms with Crippen molar-refractivity contribution in [3.63, 3.8) is 0 Å². The number of benzene rings is 2. The van der Waals surface area contributed by atoms with Crippen LogP contribution in [0.4, 0.5) is 0 Å². The van der Waals surface area contributed by atoms with E-state index in [9.17, 15) is 68.1 Å². The Morgan fingerprint density at radius 1 is 0.695 bits per heavy atom. The van der Waals surface area contributed by atoms with Crippen molar-refractivity contribution in [1.82, 2.24) is 57.4 Å². The van der Waals surface area contributed by atoms with Gasteiger partial charge in [-0.1, -0.05) is 42.5 Å². The smallest absolute Gasteiger partial charge is 0.326 e. The van der Waals surface area contributed by atoms with E-state index in [0.717, 1.165) is 23.5 Å². The van der Waals surface area contributed by atoms with Gasteiger partial charge in [-0.2, -0.15) is 0 Å². The zero-order valence-electron chi connectivity index (χ0n) is 45.1. The van der Waals surface area contributed by atoms with Crippen LogP contribution in [-0.4, -0.2) is 186 Å². The van der Waals surface area contributed by atoms with Crippen LogP contribution < -0.4 is 59.7 Å². The molecule has 1 aromatic heterocycles. The normalized spacial score (nSPS) is 15.3. The van der Waals surface area contributed by atoms with Gasteiger partial charge in [-0.25, -0.2) is 9.78 Å². The molecule has 29 nitrogen and oxygen atoms in total. The van der Waals surface area contributed by atoms with Crippen LogP contribution >= 0.6 is 23.5 Å². The molecule has 2 heterocycles. The number of carbonyl (C=O) groups excluding carboxylic acids is 9. The van der Waals surface area contributed by atoms with Crippen molar-refractivity contribution in [3.8, 4) is 5.75 Å². The zero-order valence-corrected chi connectivity index (χ0v) is 46.7. The third-order valence-corrected chi connectivity index (χ3v) is 14.2. The van der Waals surface area contributed by atoms with Crippen LogP contribution in [-0.2, 0) is 72.0 Å². The van der Waals surface area contributed by atoms with Crippen molar-refractivity contribution in [1.29, 1.82) is 0 Å². The Labute approximate surface area is 480 Å². The highest BCUT2D eigenvalue weighted by molar-refractivity contribution is 7.99. The highest BCUT2D eigenvalue weighted by Gasteiger charge is 2.40. The number of nitrogens with two attached hydrogens (primary N) is 3. The number of guanidine groups is 1. The van der Waals surface area contributed by atoms with Crippen LogP contribution in [0.25, 0.3) is 0 Å². The Kier molecular flexibility index (Phi) is 27.4. The van der Waals surface area contributed by atoms with Gasteiger partial charge in [0.25, 0.3) is 0 Å². The largest absolute Gasteiger partial charge is 0.508 e. The maximum Gasteiger partial charge on any atom is 0.326 e. The minimum Gasteiger partial charge on any atom is -0.508 e. The van der Waals surface area contributed by atoms with E-state index in [1.165, 1.54) is 55.5 Å². The lowest BCUT2D eigenvalue weighted by Gasteiger charge is -2.30. The van der Waals surface area contributed by atoms with Crippen LogP contribution in [0.3, 0.4) is 0 Å². The van der Waals surface area contributed by atoms with Crippen LogP contribution in [0, 0.1) is 0 Å². The summed E-state index contributed by atoms with van der Waals surface area (Å²) >= 11 is 2.00. The summed E-state index contributed by atoms with van der Waals surface area (Å²) in [7, 11) is 0. The molecule has 8 atom stereocenters. The van der Waals surface area contributed by atoms with Crippen molar-refractivity contribution in [2.45, 2.75) is 114 Å². The van der Waals surface area contributed by atoms with Gasteiger partial charge in [0.15, 0.2) is 5.96 Å². The minimum absolute atomic E-state index is 0.00372. The second kappa shape index (κ2) is 34.0. The average Bonchev–Trinajstić information content (AvgIpc) is 4.15. The fraction of sp³-hybridized carbons (Fsp3) is 0.471. The van der Waals surface area contributed by atoms with Crippen molar-refractivity contribution >= 4 is 94.6 Å². The number of nitrogens with zero attached hydrogens (tertiary/aromatic N) is 3. The third kappa shape index (κ3) is 23.3. The number of hydrogen-bond donors (Lipinski definition) is 15. The number of aromatic hydroxyl groups is 1. The second-order valence-corrected chi connectivity index (χ2v) is 20.9. The first-order valence-corrected chi connectivity index (χ1v) is 28.1. The molecule has 0 spiro atoms. The zero-order chi connectivity index (χ0) is 60.3. The maximum absolute atomic E-state index is 14.7. The van der Waals surface area contributed by atoms with Gasteiger partial charge in [0, 0.05) is 69.6 Å². The molecule has 2 aromatic carbocycles. The van der Waals surface area contributed by atoms with E-state index >= 15 is 0 Å². The van der Waals surface area contributed by atoms with Crippen molar-refractivity contribution < 1.29 is 68.1 Å². The highest BCUT2D eigenvalue weighted by Crippen LogP contribution is 2.21. The van der Waals surface area contributed by atoms with Gasteiger partial charge < -0.3 is 84.9 Å². The number of aliphatic imine (C=N–C) groups is 1. The van der Waals surface area contributed by atoms with Gasteiger partial charge in [0.05, 0.1) is 30.5 Å². The molecule has 1 fully saturated rings. The maximum atomic E-state index is 14.7. The lowest BCUT2D eigenvalue weighted by atomic mass is 10.0. The lowest BCUT2D eigenvalue weighted by molar-refractivity contribution is -0.145. The van der Waals surface area contributed by atoms with Crippen LogP contribution in [0.2, 0.25) is 0 Å². The molecule has 82 heavy (non-hydrogen) atoms. The molecule has 0 radical (unpaired) electrons. The van der Waals surface area contributed by atoms with E-state index in [2.05, 4.69) is 57.5 Å². The number of phenolic OH excluding ortho intramolecular Hbond substituents is 1. The molecular formula is C51H71N15O14S2. The Morgan fingerprint density at radius 2 is 1.23 bits per heavy atom. The highest BCUT2D eigenvalue weighted by atomic mass is 32.2. The van der Waals surface area contributed by atoms with Crippen LogP contribution in [0.1, 0.15) is 62.8 Å². The molecule has 9 amide bonds. The molecular weight excluding hydrogens is 1110 g/mol. The van der Waals surface area contributed by atoms with Gasteiger partial charge in [-0.15, -0.1) is 23.5 Å². The fourth-order valence-corrected chi connectivity index (χ4v) is 9.95. The average molecular weight is 1180 g/mol. The molecule has 0 saturated carbocycles. The van der Waals surface area contributed by atoms with E-state index in [4.69, 9.17) is 17.2 Å². The summed E-state index contributed by atoms with van der Waals surface area (Å²) in [6.07, 6.45) is 1.96. The third-order valence-electron chi connectivity index (χ3n) is 12.3. The predicted octanol–water partition coefficient (Wildman–Crippen LogP) is -3.36. The lowest BCUT2D eigenvalue weighted by Crippen LogP contribution is -2.61. The van der Waals surface area contributed by atoms with Crippen LogP contribution in [0.15, 0.2) is 72.1 Å². The number of nitrogens with one attached hydrogen (secondary N) is 9. The summed E-state index contributed by atoms with van der Waals surface area (Å²) in [6.45, 7) is 2.59. The van der Waals surface area contributed by atoms with Crippen LogP contribution in [0.5, 0.6) is 5.75 Å². The number of imidazole rings is 1. The number of aromatic amines is 1. The number of amides is 9.